The van der Waals surface area contributed by atoms with Gasteiger partial charge in [0, 0.05) is 23.0 Å². The fourth-order valence-electron chi connectivity index (χ4n) is 4.72. The first kappa shape index (κ1) is 27.9. The van der Waals surface area contributed by atoms with Crippen LogP contribution in [0.3, 0.4) is 0 Å². The number of allylic oxidation sites excluding steroid dienone is 1. The summed E-state index contributed by atoms with van der Waals surface area (Å²) in [5.41, 5.74) is 7.71. The van der Waals surface area contributed by atoms with Gasteiger partial charge in [-0.05, 0) is 49.6 Å². The third-order valence-corrected chi connectivity index (χ3v) is 7.89. The van der Waals surface area contributed by atoms with Crippen molar-refractivity contribution in [1.82, 2.24) is 0 Å². The zero-order valence-corrected chi connectivity index (χ0v) is 22.8. The number of benzene rings is 2. The van der Waals surface area contributed by atoms with Crippen molar-refractivity contribution in [2.24, 2.45) is 5.73 Å². The molecule has 0 aromatic heterocycles. The molecule has 0 saturated heterocycles. The lowest BCUT2D eigenvalue weighted by Crippen LogP contribution is -2.59. The molecule has 0 fully saturated rings. The molecule has 0 atom stereocenters. The second-order valence-electron chi connectivity index (χ2n) is 8.72. The Hall–Kier alpha value is -3.73. The SMILES string of the molecule is CC/C(Nc1ccc(N(C(CC)(CC)C(N)=O)S(C)(=O)=O)cc1)=C1\C(=O)Nc2cc(OC)c(OC)cc21. The number of amides is 2. The summed E-state index contributed by atoms with van der Waals surface area (Å²) in [6.45, 7) is 5.39. The molecule has 37 heavy (non-hydrogen) atoms. The molecule has 0 aliphatic carbocycles. The van der Waals surface area contributed by atoms with Gasteiger partial charge in [0.1, 0.15) is 5.54 Å². The van der Waals surface area contributed by atoms with Gasteiger partial charge in [0.25, 0.3) is 5.91 Å². The summed E-state index contributed by atoms with van der Waals surface area (Å²) in [7, 11) is -0.766. The van der Waals surface area contributed by atoms with E-state index < -0.39 is 21.5 Å². The Balaban J connectivity index is 2.03. The Morgan fingerprint density at radius 3 is 2.08 bits per heavy atom. The van der Waals surface area contributed by atoms with Crippen LogP contribution in [0.5, 0.6) is 11.5 Å². The number of methoxy groups -OCH3 is 2. The highest BCUT2D eigenvalue weighted by atomic mass is 32.2. The fraction of sp³-hybridized carbons (Fsp3) is 0.385. The number of ether oxygens (including phenoxy) is 2. The first-order valence-electron chi connectivity index (χ1n) is 12.0. The zero-order chi connectivity index (χ0) is 27.5. The maximum atomic E-state index is 12.9. The molecule has 1 aliphatic heterocycles. The van der Waals surface area contributed by atoms with Gasteiger partial charge in [0.2, 0.25) is 15.9 Å². The summed E-state index contributed by atoms with van der Waals surface area (Å²) in [5, 5.41) is 6.15. The fourth-order valence-corrected chi connectivity index (χ4v) is 6.21. The van der Waals surface area contributed by atoms with Crippen molar-refractivity contribution in [2.45, 2.75) is 45.6 Å². The Morgan fingerprint density at radius 1 is 1.05 bits per heavy atom. The van der Waals surface area contributed by atoms with Crippen molar-refractivity contribution in [3.8, 4) is 11.5 Å². The minimum Gasteiger partial charge on any atom is -0.493 e. The van der Waals surface area contributed by atoms with Crippen LogP contribution >= 0.6 is 0 Å². The number of carbonyl (C=O) groups is 2. The van der Waals surface area contributed by atoms with Gasteiger partial charge >= 0.3 is 0 Å². The Bertz CT molecular complexity index is 1330. The molecule has 200 valence electrons. The van der Waals surface area contributed by atoms with E-state index in [1.54, 1.807) is 50.2 Å². The summed E-state index contributed by atoms with van der Waals surface area (Å²) >= 11 is 0. The molecule has 1 aliphatic rings. The number of primary amides is 1. The molecule has 0 bridgehead atoms. The van der Waals surface area contributed by atoms with Crippen molar-refractivity contribution in [3.05, 3.63) is 47.7 Å². The smallest absolute Gasteiger partial charge is 0.258 e. The molecule has 4 N–H and O–H groups in total. The number of carbonyl (C=O) groups excluding carboxylic acids is 2. The normalized spacial score (nSPS) is 14.5. The number of hydrogen-bond acceptors (Lipinski definition) is 7. The molecule has 0 spiro atoms. The van der Waals surface area contributed by atoms with E-state index in [4.69, 9.17) is 15.2 Å². The highest BCUT2D eigenvalue weighted by Gasteiger charge is 2.44. The van der Waals surface area contributed by atoms with E-state index in [-0.39, 0.29) is 18.7 Å². The van der Waals surface area contributed by atoms with Gasteiger partial charge in [0.15, 0.2) is 11.5 Å². The zero-order valence-electron chi connectivity index (χ0n) is 22.0. The topological polar surface area (TPSA) is 140 Å². The summed E-state index contributed by atoms with van der Waals surface area (Å²) in [5.74, 6) is 0.0412. The summed E-state index contributed by atoms with van der Waals surface area (Å²) < 4.78 is 37.4. The van der Waals surface area contributed by atoms with E-state index in [0.717, 1.165) is 10.6 Å². The van der Waals surface area contributed by atoms with Gasteiger partial charge < -0.3 is 25.8 Å². The molecule has 2 aromatic rings. The quantitative estimate of drug-likeness (QED) is 0.376. The number of hydrogen-bond donors (Lipinski definition) is 3. The van der Waals surface area contributed by atoms with Crippen LogP contribution < -0.4 is 30.1 Å². The molecule has 10 nitrogen and oxygen atoms in total. The first-order valence-corrected chi connectivity index (χ1v) is 13.8. The van der Waals surface area contributed by atoms with Gasteiger partial charge in [-0.15, -0.1) is 0 Å². The molecule has 2 amide bonds. The number of rotatable bonds is 11. The van der Waals surface area contributed by atoms with Gasteiger partial charge in [-0.2, -0.15) is 0 Å². The molecule has 11 heteroatoms. The molecule has 0 unspecified atom stereocenters. The Kier molecular flexibility index (Phi) is 8.06. The third kappa shape index (κ3) is 5.08. The van der Waals surface area contributed by atoms with E-state index in [1.807, 2.05) is 6.92 Å². The van der Waals surface area contributed by atoms with E-state index in [2.05, 4.69) is 10.6 Å². The van der Waals surface area contributed by atoms with E-state index in [9.17, 15) is 18.0 Å². The third-order valence-electron chi connectivity index (χ3n) is 6.67. The average molecular weight is 531 g/mol. The molecule has 0 radical (unpaired) electrons. The van der Waals surface area contributed by atoms with Gasteiger partial charge in [0.05, 0.1) is 37.4 Å². The minimum absolute atomic E-state index is 0.223. The van der Waals surface area contributed by atoms with Crippen LogP contribution in [0.25, 0.3) is 5.57 Å². The predicted octanol–water partition coefficient (Wildman–Crippen LogP) is 3.70. The second-order valence-corrected chi connectivity index (χ2v) is 10.5. The number of anilines is 3. The highest BCUT2D eigenvalue weighted by molar-refractivity contribution is 7.92. The van der Waals surface area contributed by atoms with Crippen LogP contribution in [0.15, 0.2) is 42.1 Å². The maximum absolute atomic E-state index is 12.9. The summed E-state index contributed by atoms with van der Waals surface area (Å²) in [4.78, 5) is 25.3. The van der Waals surface area contributed by atoms with Crippen molar-refractivity contribution >= 4 is 44.5 Å². The van der Waals surface area contributed by atoms with Gasteiger partial charge in [-0.25, -0.2) is 8.42 Å². The minimum atomic E-state index is -3.82. The van der Waals surface area contributed by atoms with Gasteiger partial charge in [-0.3, -0.25) is 13.9 Å². The van der Waals surface area contributed by atoms with Crippen LogP contribution in [-0.2, 0) is 19.6 Å². The molecule has 3 rings (SSSR count). The van der Waals surface area contributed by atoms with E-state index in [1.165, 1.54) is 14.2 Å². The Morgan fingerprint density at radius 2 is 1.62 bits per heavy atom. The molecule has 0 saturated carbocycles. The maximum Gasteiger partial charge on any atom is 0.258 e. The standard InChI is InChI=1S/C26H34N4O6S/c1-7-19(23-18-14-21(35-4)22(36-5)15-20(18)29-24(23)31)28-16-10-12-17(13-11-16)30(37(6,33)34)26(8-2,9-3)25(27)32/h10-15,28H,7-9H2,1-6H3,(H2,27,32)(H,29,31)/b23-19+. The molecule has 1 heterocycles. The number of fused-ring (bicyclic) bond motifs is 1. The van der Waals surface area contributed by atoms with Crippen LogP contribution in [0.4, 0.5) is 17.1 Å². The lowest BCUT2D eigenvalue weighted by molar-refractivity contribution is -0.123. The first-order chi connectivity index (χ1) is 17.5. The number of nitrogens with zero attached hydrogens (tertiary/aromatic N) is 1. The van der Waals surface area contributed by atoms with E-state index in [0.29, 0.717) is 51.8 Å². The van der Waals surface area contributed by atoms with Crippen molar-refractivity contribution in [1.29, 1.82) is 0 Å². The van der Waals surface area contributed by atoms with Gasteiger partial charge in [-0.1, -0.05) is 20.8 Å². The number of nitrogens with one attached hydrogen (secondary N) is 2. The number of nitrogens with two attached hydrogens (primary N) is 1. The molecular formula is C26H34N4O6S. The van der Waals surface area contributed by atoms with Crippen LogP contribution in [0.2, 0.25) is 0 Å². The van der Waals surface area contributed by atoms with E-state index >= 15 is 0 Å². The monoisotopic (exact) mass is 530 g/mol. The van der Waals surface area contributed by atoms with Crippen molar-refractivity contribution in [2.75, 3.05) is 35.4 Å². The van der Waals surface area contributed by atoms with Crippen molar-refractivity contribution < 1.29 is 27.5 Å². The number of sulfonamides is 1. The average Bonchev–Trinajstić information content (AvgIpc) is 3.18. The molecule has 2 aromatic carbocycles. The lowest BCUT2D eigenvalue weighted by Gasteiger charge is -2.40. The Labute approximate surface area is 217 Å². The van der Waals surface area contributed by atoms with Crippen LogP contribution in [0, 0.1) is 0 Å². The summed E-state index contributed by atoms with van der Waals surface area (Å²) in [6, 6.07) is 10.1. The largest absolute Gasteiger partial charge is 0.493 e. The van der Waals surface area contributed by atoms with Crippen LogP contribution in [-0.4, -0.2) is 46.2 Å². The predicted molar refractivity (Wildman–Crippen MR) is 145 cm³/mol. The van der Waals surface area contributed by atoms with Crippen LogP contribution in [0.1, 0.15) is 45.6 Å². The highest BCUT2D eigenvalue weighted by Crippen LogP contribution is 2.42. The summed E-state index contributed by atoms with van der Waals surface area (Å²) in [6.07, 6.45) is 2.02. The second kappa shape index (κ2) is 10.7. The van der Waals surface area contributed by atoms with Crippen molar-refractivity contribution in [3.63, 3.8) is 0 Å². The lowest BCUT2D eigenvalue weighted by atomic mass is 9.91. The molecular weight excluding hydrogens is 496 g/mol.